The van der Waals surface area contributed by atoms with Gasteiger partial charge in [0.25, 0.3) is 0 Å². The molecule has 0 amide bonds. The van der Waals surface area contributed by atoms with Crippen molar-refractivity contribution in [1.82, 2.24) is 15.0 Å². The lowest BCUT2D eigenvalue weighted by atomic mass is 9.93. The second kappa shape index (κ2) is 11.8. The van der Waals surface area contributed by atoms with Crippen LogP contribution in [0.3, 0.4) is 0 Å². The summed E-state index contributed by atoms with van der Waals surface area (Å²) < 4.78 is 0. The molecular formula is C39H26ClN3. The van der Waals surface area contributed by atoms with E-state index in [9.17, 15) is 0 Å². The minimum Gasteiger partial charge on any atom is -0.208 e. The van der Waals surface area contributed by atoms with E-state index >= 15 is 0 Å². The summed E-state index contributed by atoms with van der Waals surface area (Å²) in [7, 11) is 0. The largest absolute Gasteiger partial charge is 0.208 e. The first-order valence-corrected chi connectivity index (χ1v) is 14.5. The Balaban J connectivity index is 1.37. The van der Waals surface area contributed by atoms with Crippen molar-refractivity contribution in [2.75, 3.05) is 0 Å². The van der Waals surface area contributed by atoms with Gasteiger partial charge >= 0.3 is 0 Å². The smallest absolute Gasteiger partial charge is 0.164 e. The second-order valence-electron chi connectivity index (χ2n) is 10.3. The molecule has 204 valence electrons. The van der Waals surface area contributed by atoms with Crippen molar-refractivity contribution in [2.45, 2.75) is 0 Å². The van der Waals surface area contributed by atoms with Gasteiger partial charge < -0.3 is 0 Å². The molecule has 0 aliphatic heterocycles. The Hall–Kier alpha value is -5.38. The maximum Gasteiger partial charge on any atom is 0.164 e. The molecule has 0 aliphatic rings. The van der Waals surface area contributed by atoms with E-state index in [-0.39, 0.29) is 0 Å². The predicted molar refractivity (Wildman–Crippen MR) is 177 cm³/mol. The molecule has 7 aromatic rings. The summed E-state index contributed by atoms with van der Waals surface area (Å²) in [6.07, 6.45) is 0. The summed E-state index contributed by atoms with van der Waals surface area (Å²) in [5, 5.41) is 0.634. The van der Waals surface area contributed by atoms with Crippen molar-refractivity contribution in [3.05, 3.63) is 163 Å². The van der Waals surface area contributed by atoms with E-state index in [0.29, 0.717) is 22.5 Å². The van der Waals surface area contributed by atoms with E-state index in [4.69, 9.17) is 26.6 Å². The fourth-order valence-corrected chi connectivity index (χ4v) is 5.39. The normalized spacial score (nSPS) is 10.9. The van der Waals surface area contributed by atoms with E-state index < -0.39 is 0 Å². The van der Waals surface area contributed by atoms with Gasteiger partial charge in [-0.3, -0.25) is 0 Å². The monoisotopic (exact) mass is 571 g/mol. The lowest BCUT2D eigenvalue weighted by Gasteiger charge is -2.13. The van der Waals surface area contributed by atoms with Crippen LogP contribution in [-0.4, -0.2) is 15.0 Å². The predicted octanol–water partition coefficient (Wildman–Crippen LogP) is 10.5. The highest BCUT2D eigenvalue weighted by atomic mass is 35.5. The van der Waals surface area contributed by atoms with Crippen LogP contribution in [0, 0.1) is 0 Å². The van der Waals surface area contributed by atoms with Gasteiger partial charge in [-0.25, -0.2) is 15.0 Å². The Morgan fingerprint density at radius 2 is 0.628 bits per heavy atom. The van der Waals surface area contributed by atoms with E-state index in [0.717, 1.165) is 38.9 Å². The molecule has 0 saturated heterocycles. The van der Waals surface area contributed by atoms with Crippen LogP contribution in [0.4, 0.5) is 0 Å². The minimum atomic E-state index is 0.578. The average Bonchev–Trinajstić information content (AvgIpc) is 3.09. The lowest BCUT2D eigenvalue weighted by Crippen LogP contribution is -2.00. The molecule has 0 radical (unpaired) electrons. The zero-order valence-corrected chi connectivity index (χ0v) is 24.0. The topological polar surface area (TPSA) is 38.7 Å². The van der Waals surface area contributed by atoms with Crippen molar-refractivity contribution in [3.8, 4) is 67.5 Å². The van der Waals surface area contributed by atoms with Crippen LogP contribution in [0.15, 0.2) is 158 Å². The summed E-state index contributed by atoms with van der Waals surface area (Å²) in [5.74, 6) is 1.80. The minimum absolute atomic E-state index is 0.578. The van der Waals surface area contributed by atoms with Crippen molar-refractivity contribution in [2.24, 2.45) is 0 Å². The summed E-state index contributed by atoms with van der Waals surface area (Å²) in [6.45, 7) is 0. The molecule has 0 atom stereocenters. The molecule has 0 aliphatic carbocycles. The number of hydrogen-bond acceptors (Lipinski definition) is 3. The van der Waals surface area contributed by atoms with Crippen LogP contribution in [0.25, 0.3) is 67.5 Å². The van der Waals surface area contributed by atoms with Crippen LogP contribution in [-0.2, 0) is 0 Å². The number of aromatic nitrogens is 3. The second-order valence-corrected chi connectivity index (χ2v) is 10.7. The molecule has 0 unspecified atom stereocenters. The molecule has 0 bridgehead atoms. The first-order valence-electron chi connectivity index (χ1n) is 14.1. The molecule has 4 heteroatoms. The Bertz CT molecular complexity index is 1970. The molecule has 1 heterocycles. The molecule has 7 rings (SSSR count). The van der Waals surface area contributed by atoms with Gasteiger partial charge in [-0.1, -0.05) is 133 Å². The third kappa shape index (κ3) is 5.85. The van der Waals surface area contributed by atoms with Crippen LogP contribution < -0.4 is 0 Å². The first-order chi connectivity index (χ1) is 21.2. The van der Waals surface area contributed by atoms with Gasteiger partial charge in [-0.05, 0) is 69.8 Å². The molecule has 0 N–H and O–H groups in total. The van der Waals surface area contributed by atoms with E-state index in [1.165, 1.54) is 11.1 Å². The third-order valence-corrected chi connectivity index (χ3v) is 7.59. The summed E-state index contributed by atoms with van der Waals surface area (Å²) in [4.78, 5) is 14.7. The summed E-state index contributed by atoms with van der Waals surface area (Å²) in [6, 6.07) is 53.8. The molecular weight excluding hydrogens is 546 g/mol. The first kappa shape index (κ1) is 26.5. The highest BCUT2D eigenvalue weighted by Gasteiger charge is 2.14. The van der Waals surface area contributed by atoms with E-state index in [2.05, 4.69) is 91.0 Å². The van der Waals surface area contributed by atoms with E-state index in [1.807, 2.05) is 66.7 Å². The molecule has 3 nitrogen and oxygen atoms in total. The Morgan fingerprint density at radius 1 is 0.279 bits per heavy atom. The number of hydrogen-bond donors (Lipinski definition) is 0. The molecule has 1 aromatic heterocycles. The fourth-order valence-electron chi connectivity index (χ4n) is 5.20. The fraction of sp³-hybridized carbons (Fsp3) is 0. The van der Waals surface area contributed by atoms with Crippen LogP contribution in [0.2, 0.25) is 5.02 Å². The van der Waals surface area contributed by atoms with Crippen molar-refractivity contribution in [3.63, 3.8) is 0 Å². The molecule has 43 heavy (non-hydrogen) atoms. The zero-order chi connectivity index (χ0) is 29.0. The third-order valence-electron chi connectivity index (χ3n) is 7.35. The van der Waals surface area contributed by atoms with Gasteiger partial charge in [0.2, 0.25) is 0 Å². The molecule has 0 fully saturated rings. The van der Waals surface area contributed by atoms with Gasteiger partial charge in [0.15, 0.2) is 17.5 Å². The summed E-state index contributed by atoms with van der Waals surface area (Å²) >= 11 is 6.34. The molecule has 0 saturated carbocycles. The number of halogens is 1. The van der Waals surface area contributed by atoms with Gasteiger partial charge in [0.05, 0.1) is 0 Å². The van der Waals surface area contributed by atoms with Gasteiger partial charge in [0.1, 0.15) is 0 Å². The lowest BCUT2D eigenvalue weighted by molar-refractivity contribution is 1.07. The Kier molecular flexibility index (Phi) is 7.31. The molecule has 0 spiro atoms. The summed E-state index contributed by atoms with van der Waals surface area (Å²) in [5.41, 5.74) is 9.55. The number of nitrogens with zero attached hydrogens (tertiary/aromatic N) is 3. The van der Waals surface area contributed by atoms with Crippen LogP contribution in [0.5, 0.6) is 0 Å². The van der Waals surface area contributed by atoms with Gasteiger partial charge in [-0.2, -0.15) is 0 Å². The molecule has 6 aromatic carbocycles. The number of benzene rings is 6. The van der Waals surface area contributed by atoms with Crippen molar-refractivity contribution < 1.29 is 0 Å². The maximum absolute atomic E-state index is 6.34. The quantitative estimate of drug-likeness (QED) is 0.199. The zero-order valence-electron chi connectivity index (χ0n) is 23.2. The maximum atomic E-state index is 6.34. The Labute approximate surface area is 256 Å². The van der Waals surface area contributed by atoms with Gasteiger partial charge in [0, 0.05) is 21.7 Å². The van der Waals surface area contributed by atoms with Crippen molar-refractivity contribution >= 4 is 11.6 Å². The highest BCUT2D eigenvalue weighted by Crippen LogP contribution is 2.34. The van der Waals surface area contributed by atoms with Crippen molar-refractivity contribution in [1.29, 1.82) is 0 Å². The van der Waals surface area contributed by atoms with E-state index in [1.54, 1.807) is 0 Å². The highest BCUT2D eigenvalue weighted by molar-refractivity contribution is 6.30. The van der Waals surface area contributed by atoms with Gasteiger partial charge in [-0.15, -0.1) is 0 Å². The number of rotatable bonds is 6. The average molecular weight is 572 g/mol. The standard InChI is InChI=1S/C39H26ClN3/c40-36-21-11-20-32(26-36)39-42-37(29-16-8-3-9-17-29)41-38(43-39)31-19-10-18-30(22-31)35-24-33(27-12-4-1-5-13-27)23-34(25-35)28-14-6-2-7-15-28/h1-26H. The van der Waals surface area contributed by atoms with Crippen LogP contribution in [0.1, 0.15) is 0 Å². The Morgan fingerprint density at radius 3 is 1.14 bits per heavy atom. The SMILES string of the molecule is Clc1cccc(-c2nc(-c3ccccc3)nc(-c3cccc(-c4cc(-c5ccccc5)cc(-c5ccccc5)c4)c3)n2)c1. The van der Waals surface area contributed by atoms with Crippen LogP contribution >= 0.6 is 11.6 Å².